The minimum atomic E-state index is -0.00121. The fraction of sp³-hybridized carbons (Fsp3) is 0.421. The second-order valence-electron chi connectivity index (χ2n) is 5.74. The predicted octanol–water partition coefficient (Wildman–Crippen LogP) is 4.18. The molecule has 0 unspecified atom stereocenters. The van der Waals surface area contributed by atoms with Gasteiger partial charge in [0.1, 0.15) is 5.69 Å². The molecule has 0 aliphatic carbocycles. The molecule has 1 atom stereocenters. The van der Waals surface area contributed by atoms with Crippen LogP contribution in [0.2, 0.25) is 0 Å². The molecule has 0 bridgehead atoms. The molecule has 118 valence electrons. The summed E-state index contributed by atoms with van der Waals surface area (Å²) in [5.74, 6) is 0.0125. The average Bonchev–Trinajstić information content (AvgIpc) is 2.77. The molecule has 1 aromatic heterocycles. The zero-order chi connectivity index (χ0) is 16.3. The van der Waals surface area contributed by atoms with Crippen molar-refractivity contribution in [3.8, 4) is 0 Å². The molecular formula is C19H26N2O. The number of carbonyl (C=O) groups is 1. The highest BCUT2D eigenvalue weighted by molar-refractivity contribution is 5.95. The molecule has 1 N–H and O–H groups in total. The summed E-state index contributed by atoms with van der Waals surface area (Å²) in [4.78, 5) is 12.8. The lowest BCUT2D eigenvalue weighted by molar-refractivity contribution is 0.0929. The zero-order valence-electron chi connectivity index (χ0n) is 14.2. The molecule has 3 nitrogen and oxygen atoms in total. The fourth-order valence-electron chi connectivity index (χ4n) is 3.25. The monoisotopic (exact) mass is 298 g/mol. The molecule has 0 radical (unpaired) electrons. The Morgan fingerprint density at radius 2 is 1.82 bits per heavy atom. The van der Waals surface area contributed by atoms with Gasteiger partial charge in [-0.25, -0.2) is 0 Å². The standard InChI is InChI=1S/C19H26N2O/c1-6-17-13(3)18(21(7-2)15(17)5)19(22)20-14(4)16-11-9-8-10-12-16/h8-12,14H,6-7H2,1-5H3,(H,20,22)/t14-/m0/s1. The molecule has 0 aliphatic rings. The molecular weight excluding hydrogens is 272 g/mol. The van der Waals surface area contributed by atoms with E-state index in [0.29, 0.717) is 0 Å². The normalized spacial score (nSPS) is 12.2. The average molecular weight is 298 g/mol. The third-order valence-electron chi connectivity index (χ3n) is 4.45. The van der Waals surface area contributed by atoms with Crippen LogP contribution in [0.1, 0.15) is 59.7 Å². The van der Waals surface area contributed by atoms with Crippen molar-refractivity contribution in [2.45, 2.75) is 53.6 Å². The molecule has 0 spiro atoms. The summed E-state index contributed by atoms with van der Waals surface area (Å²) < 4.78 is 2.13. The van der Waals surface area contributed by atoms with Gasteiger partial charge in [0.05, 0.1) is 6.04 Å². The minimum Gasteiger partial charge on any atom is -0.344 e. The van der Waals surface area contributed by atoms with Gasteiger partial charge >= 0.3 is 0 Å². The fourth-order valence-corrected chi connectivity index (χ4v) is 3.25. The Hall–Kier alpha value is -2.03. The maximum Gasteiger partial charge on any atom is 0.268 e. The number of rotatable bonds is 5. The summed E-state index contributed by atoms with van der Waals surface area (Å²) in [6, 6.07) is 10.1. The van der Waals surface area contributed by atoms with Gasteiger partial charge in [-0.2, -0.15) is 0 Å². The lowest BCUT2D eigenvalue weighted by Crippen LogP contribution is -2.29. The highest BCUT2D eigenvalue weighted by Gasteiger charge is 2.22. The summed E-state index contributed by atoms with van der Waals surface area (Å²) >= 11 is 0. The number of nitrogens with zero attached hydrogens (tertiary/aromatic N) is 1. The van der Waals surface area contributed by atoms with Gasteiger partial charge < -0.3 is 9.88 Å². The first-order chi connectivity index (χ1) is 10.5. The van der Waals surface area contributed by atoms with Crippen LogP contribution in [0.5, 0.6) is 0 Å². The van der Waals surface area contributed by atoms with Gasteiger partial charge in [-0.1, -0.05) is 37.3 Å². The van der Waals surface area contributed by atoms with Gasteiger partial charge in [0.15, 0.2) is 0 Å². The third kappa shape index (κ3) is 2.94. The number of nitrogens with one attached hydrogen (secondary N) is 1. The van der Waals surface area contributed by atoms with Gasteiger partial charge in [-0.3, -0.25) is 4.79 Å². The van der Waals surface area contributed by atoms with E-state index in [2.05, 4.69) is 37.6 Å². The van der Waals surface area contributed by atoms with Crippen molar-refractivity contribution in [2.24, 2.45) is 0 Å². The largest absolute Gasteiger partial charge is 0.344 e. The summed E-state index contributed by atoms with van der Waals surface area (Å²) in [6.45, 7) is 11.2. The molecule has 2 rings (SSSR count). The number of benzene rings is 1. The zero-order valence-corrected chi connectivity index (χ0v) is 14.2. The van der Waals surface area contributed by atoms with E-state index >= 15 is 0 Å². The molecule has 0 aliphatic heterocycles. The van der Waals surface area contributed by atoms with Crippen LogP contribution in [0.25, 0.3) is 0 Å². The maximum atomic E-state index is 12.8. The Morgan fingerprint density at radius 3 is 2.36 bits per heavy atom. The lowest BCUT2D eigenvalue weighted by Gasteiger charge is -2.16. The summed E-state index contributed by atoms with van der Waals surface area (Å²) in [7, 11) is 0. The minimum absolute atomic E-state index is 0.00121. The van der Waals surface area contributed by atoms with Gasteiger partial charge in [0.2, 0.25) is 0 Å². The van der Waals surface area contributed by atoms with Gasteiger partial charge in [-0.15, -0.1) is 0 Å². The van der Waals surface area contributed by atoms with Crippen LogP contribution in [0.4, 0.5) is 0 Å². The van der Waals surface area contributed by atoms with Crippen molar-refractivity contribution in [3.05, 3.63) is 58.4 Å². The molecule has 1 amide bonds. The molecule has 3 heteroatoms. The first-order valence-corrected chi connectivity index (χ1v) is 8.05. The van der Waals surface area contributed by atoms with Crippen molar-refractivity contribution in [1.82, 2.24) is 9.88 Å². The summed E-state index contributed by atoms with van der Waals surface area (Å²) in [5, 5.41) is 3.13. The van der Waals surface area contributed by atoms with Gasteiger partial charge in [-0.05, 0) is 50.8 Å². The Bertz CT molecular complexity index is 656. The van der Waals surface area contributed by atoms with E-state index in [1.54, 1.807) is 0 Å². The lowest BCUT2D eigenvalue weighted by atomic mass is 10.1. The SMILES string of the molecule is CCc1c(C)c(C(=O)N[C@@H](C)c2ccccc2)n(CC)c1C. The Labute approximate surface area is 133 Å². The van der Waals surface area contributed by atoms with Crippen LogP contribution in [0, 0.1) is 13.8 Å². The third-order valence-corrected chi connectivity index (χ3v) is 4.45. The molecule has 22 heavy (non-hydrogen) atoms. The van der Waals surface area contributed by atoms with Crippen LogP contribution in [0.15, 0.2) is 30.3 Å². The molecule has 0 saturated heterocycles. The Kier molecular flexibility index (Phi) is 5.07. The highest BCUT2D eigenvalue weighted by Crippen LogP contribution is 2.23. The predicted molar refractivity (Wildman–Crippen MR) is 91.3 cm³/mol. The summed E-state index contributed by atoms with van der Waals surface area (Å²) in [5.41, 5.74) is 5.54. The molecule has 0 saturated carbocycles. The molecule has 1 heterocycles. The number of amides is 1. The number of aromatic nitrogens is 1. The Balaban J connectivity index is 2.30. The van der Waals surface area contributed by atoms with Crippen LogP contribution in [0.3, 0.4) is 0 Å². The second-order valence-corrected chi connectivity index (χ2v) is 5.74. The number of hydrogen-bond acceptors (Lipinski definition) is 1. The van der Waals surface area contributed by atoms with Crippen molar-refractivity contribution in [2.75, 3.05) is 0 Å². The quantitative estimate of drug-likeness (QED) is 0.883. The molecule has 1 aromatic carbocycles. The van der Waals surface area contributed by atoms with Crippen molar-refractivity contribution < 1.29 is 4.79 Å². The Morgan fingerprint density at radius 1 is 1.18 bits per heavy atom. The smallest absolute Gasteiger partial charge is 0.268 e. The van der Waals surface area contributed by atoms with E-state index in [-0.39, 0.29) is 11.9 Å². The highest BCUT2D eigenvalue weighted by atomic mass is 16.2. The van der Waals surface area contributed by atoms with Crippen LogP contribution < -0.4 is 5.32 Å². The topological polar surface area (TPSA) is 34.0 Å². The van der Waals surface area contributed by atoms with E-state index < -0.39 is 0 Å². The second kappa shape index (κ2) is 6.82. The van der Waals surface area contributed by atoms with Crippen LogP contribution >= 0.6 is 0 Å². The van der Waals surface area contributed by atoms with Crippen molar-refractivity contribution in [3.63, 3.8) is 0 Å². The van der Waals surface area contributed by atoms with E-state index in [1.165, 1.54) is 11.3 Å². The van der Waals surface area contributed by atoms with E-state index in [4.69, 9.17) is 0 Å². The van der Waals surface area contributed by atoms with E-state index in [0.717, 1.165) is 29.8 Å². The van der Waals surface area contributed by atoms with Crippen molar-refractivity contribution >= 4 is 5.91 Å². The van der Waals surface area contributed by atoms with Crippen LogP contribution in [-0.4, -0.2) is 10.5 Å². The van der Waals surface area contributed by atoms with E-state index in [9.17, 15) is 4.79 Å². The molecule has 2 aromatic rings. The van der Waals surface area contributed by atoms with E-state index in [1.807, 2.05) is 37.3 Å². The summed E-state index contributed by atoms with van der Waals surface area (Å²) in [6.07, 6.45) is 0.958. The first kappa shape index (κ1) is 16.3. The maximum absolute atomic E-state index is 12.8. The first-order valence-electron chi connectivity index (χ1n) is 8.05. The number of hydrogen-bond donors (Lipinski definition) is 1. The van der Waals surface area contributed by atoms with Crippen molar-refractivity contribution in [1.29, 1.82) is 0 Å². The van der Waals surface area contributed by atoms with Gasteiger partial charge in [0, 0.05) is 12.2 Å². The number of carbonyl (C=O) groups excluding carboxylic acids is 1. The molecule has 0 fully saturated rings. The van der Waals surface area contributed by atoms with Gasteiger partial charge in [0.25, 0.3) is 5.91 Å². The van der Waals surface area contributed by atoms with Crippen LogP contribution in [-0.2, 0) is 13.0 Å².